The van der Waals surface area contributed by atoms with Crippen molar-refractivity contribution in [2.24, 2.45) is 11.7 Å². The van der Waals surface area contributed by atoms with E-state index in [4.69, 9.17) is 5.73 Å². The predicted molar refractivity (Wildman–Crippen MR) is 66.1 cm³/mol. The summed E-state index contributed by atoms with van der Waals surface area (Å²) in [6, 6.07) is 0.0573. The van der Waals surface area contributed by atoms with Gasteiger partial charge in [0.2, 0.25) is 5.91 Å². The van der Waals surface area contributed by atoms with Gasteiger partial charge >= 0.3 is 0 Å². The number of nitrogens with zero attached hydrogens (tertiary/aromatic N) is 1. The SMILES string of the molecule is CN(C)CCNC(=O)C1CCCCCC1N. The molecule has 16 heavy (non-hydrogen) atoms. The van der Waals surface area contributed by atoms with Crippen LogP contribution in [0.15, 0.2) is 0 Å². The van der Waals surface area contributed by atoms with E-state index in [1.807, 2.05) is 14.1 Å². The van der Waals surface area contributed by atoms with Crippen LogP contribution >= 0.6 is 0 Å². The van der Waals surface area contributed by atoms with Gasteiger partial charge in [-0.15, -0.1) is 0 Å². The van der Waals surface area contributed by atoms with E-state index >= 15 is 0 Å². The summed E-state index contributed by atoms with van der Waals surface area (Å²) >= 11 is 0. The van der Waals surface area contributed by atoms with E-state index in [2.05, 4.69) is 10.2 Å². The van der Waals surface area contributed by atoms with E-state index in [0.717, 1.165) is 32.4 Å². The van der Waals surface area contributed by atoms with Crippen molar-refractivity contribution in [1.29, 1.82) is 0 Å². The Morgan fingerprint density at radius 3 is 2.69 bits per heavy atom. The highest BCUT2D eigenvalue weighted by atomic mass is 16.1. The molecule has 2 atom stereocenters. The average Bonchev–Trinajstić information content (AvgIpc) is 2.42. The molecular weight excluding hydrogens is 202 g/mol. The van der Waals surface area contributed by atoms with Crippen molar-refractivity contribution < 1.29 is 4.79 Å². The quantitative estimate of drug-likeness (QED) is 0.690. The summed E-state index contributed by atoms with van der Waals surface area (Å²) < 4.78 is 0. The van der Waals surface area contributed by atoms with Gasteiger partial charge in [-0.05, 0) is 26.9 Å². The first-order valence-electron chi connectivity index (χ1n) is 6.29. The summed E-state index contributed by atoms with van der Waals surface area (Å²) in [7, 11) is 4.01. The molecule has 0 bridgehead atoms. The zero-order valence-electron chi connectivity index (χ0n) is 10.5. The van der Waals surface area contributed by atoms with Gasteiger partial charge in [-0.2, -0.15) is 0 Å². The van der Waals surface area contributed by atoms with Crippen molar-refractivity contribution in [3.63, 3.8) is 0 Å². The van der Waals surface area contributed by atoms with Gasteiger partial charge in [0.15, 0.2) is 0 Å². The van der Waals surface area contributed by atoms with Crippen molar-refractivity contribution in [2.45, 2.75) is 38.1 Å². The van der Waals surface area contributed by atoms with E-state index in [-0.39, 0.29) is 17.9 Å². The number of likely N-dealkylation sites (N-methyl/N-ethyl adjacent to an activating group) is 1. The summed E-state index contributed by atoms with van der Waals surface area (Å²) in [6.07, 6.45) is 5.47. The fourth-order valence-corrected chi connectivity index (χ4v) is 2.20. The predicted octanol–water partition coefficient (Wildman–Crippen LogP) is 0.572. The second-order valence-electron chi connectivity index (χ2n) is 5.00. The molecule has 3 N–H and O–H groups in total. The largest absolute Gasteiger partial charge is 0.355 e. The first-order chi connectivity index (χ1) is 7.61. The van der Waals surface area contributed by atoms with Crippen LogP contribution in [0.4, 0.5) is 0 Å². The van der Waals surface area contributed by atoms with E-state index in [9.17, 15) is 4.79 Å². The lowest BCUT2D eigenvalue weighted by atomic mass is 9.94. The Balaban J connectivity index is 2.33. The van der Waals surface area contributed by atoms with E-state index in [1.54, 1.807) is 0 Å². The zero-order valence-corrected chi connectivity index (χ0v) is 10.5. The maximum Gasteiger partial charge on any atom is 0.224 e. The van der Waals surface area contributed by atoms with Crippen LogP contribution in [0.2, 0.25) is 0 Å². The van der Waals surface area contributed by atoms with Crippen molar-refractivity contribution >= 4 is 5.91 Å². The molecule has 0 saturated heterocycles. The molecule has 0 spiro atoms. The Hall–Kier alpha value is -0.610. The molecular formula is C12H25N3O. The smallest absolute Gasteiger partial charge is 0.224 e. The highest BCUT2D eigenvalue weighted by Crippen LogP contribution is 2.22. The average molecular weight is 227 g/mol. The van der Waals surface area contributed by atoms with Gasteiger partial charge in [0.1, 0.15) is 0 Å². The molecule has 2 unspecified atom stereocenters. The molecule has 0 aromatic rings. The number of nitrogens with two attached hydrogens (primary N) is 1. The normalized spacial score (nSPS) is 26.5. The van der Waals surface area contributed by atoms with E-state index in [0.29, 0.717) is 0 Å². The number of carbonyl (C=O) groups is 1. The summed E-state index contributed by atoms with van der Waals surface area (Å²) in [6.45, 7) is 1.60. The number of hydrogen-bond donors (Lipinski definition) is 2. The highest BCUT2D eigenvalue weighted by Gasteiger charge is 2.26. The molecule has 1 fully saturated rings. The molecule has 0 aromatic heterocycles. The van der Waals surface area contributed by atoms with Gasteiger partial charge in [-0.1, -0.05) is 19.3 Å². The fraction of sp³-hybridized carbons (Fsp3) is 0.917. The van der Waals surface area contributed by atoms with Crippen LogP contribution in [0.25, 0.3) is 0 Å². The van der Waals surface area contributed by atoms with Crippen molar-refractivity contribution in [3.05, 3.63) is 0 Å². The Morgan fingerprint density at radius 1 is 1.31 bits per heavy atom. The molecule has 1 saturated carbocycles. The van der Waals surface area contributed by atoms with Crippen LogP contribution in [-0.4, -0.2) is 44.0 Å². The molecule has 0 aliphatic heterocycles. The lowest BCUT2D eigenvalue weighted by Crippen LogP contribution is -2.43. The summed E-state index contributed by atoms with van der Waals surface area (Å²) in [5, 5.41) is 2.98. The molecule has 0 aromatic carbocycles. The minimum atomic E-state index is 0.0321. The lowest BCUT2D eigenvalue weighted by molar-refractivity contribution is -0.125. The van der Waals surface area contributed by atoms with Crippen LogP contribution in [0.3, 0.4) is 0 Å². The molecule has 4 nitrogen and oxygen atoms in total. The molecule has 0 radical (unpaired) electrons. The maximum absolute atomic E-state index is 11.9. The Kier molecular flexibility index (Phi) is 5.77. The van der Waals surface area contributed by atoms with Crippen molar-refractivity contribution in [3.8, 4) is 0 Å². The van der Waals surface area contributed by atoms with Gasteiger partial charge in [-0.3, -0.25) is 4.79 Å². The summed E-state index contributed by atoms with van der Waals surface area (Å²) in [5.74, 6) is 0.181. The molecule has 0 heterocycles. The summed E-state index contributed by atoms with van der Waals surface area (Å²) in [4.78, 5) is 14.0. The van der Waals surface area contributed by atoms with Crippen LogP contribution in [0, 0.1) is 5.92 Å². The molecule has 1 aliphatic rings. The van der Waals surface area contributed by atoms with E-state index in [1.165, 1.54) is 12.8 Å². The Labute approximate surface area is 98.6 Å². The first kappa shape index (κ1) is 13.5. The maximum atomic E-state index is 11.9. The molecule has 1 amide bonds. The van der Waals surface area contributed by atoms with Crippen molar-refractivity contribution in [2.75, 3.05) is 27.2 Å². The van der Waals surface area contributed by atoms with Crippen LogP contribution < -0.4 is 11.1 Å². The van der Waals surface area contributed by atoms with Gasteiger partial charge in [0.05, 0.1) is 5.92 Å². The minimum Gasteiger partial charge on any atom is -0.355 e. The third-order valence-electron chi connectivity index (χ3n) is 3.26. The van der Waals surface area contributed by atoms with Gasteiger partial charge in [0.25, 0.3) is 0 Å². The topological polar surface area (TPSA) is 58.4 Å². The third-order valence-corrected chi connectivity index (χ3v) is 3.26. The van der Waals surface area contributed by atoms with Gasteiger partial charge in [-0.25, -0.2) is 0 Å². The molecule has 4 heteroatoms. The highest BCUT2D eigenvalue weighted by molar-refractivity contribution is 5.79. The number of amides is 1. The monoisotopic (exact) mass is 227 g/mol. The number of hydrogen-bond acceptors (Lipinski definition) is 3. The second-order valence-corrected chi connectivity index (χ2v) is 5.00. The van der Waals surface area contributed by atoms with E-state index < -0.39 is 0 Å². The number of rotatable bonds is 4. The van der Waals surface area contributed by atoms with Crippen LogP contribution in [-0.2, 0) is 4.79 Å². The number of carbonyl (C=O) groups excluding carboxylic acids is 1. The minimum absolute atomic E-state index is 0.0321. The standard InChI is InChI=1S/C12H25N3O/c1-15(2)9-8-14-12(16)10-6-4-3-5-7-11(10)13/h10-11H,3-9,13H2,1-2H3,(H,14,16). The lowest BCUT2D eigenvalue weighted by Gasteiger charge is -2.21. The van der Waals surface area contributed by atoms with Gasteiger partial charge in [0, 0.05) is 19.1 Å². The Bertz CT molecular complexity index is 218. The van der Waals surface area contributed by atoms with Crippen LogP contribution in [0.1, 0.15) is 32.1 Å². The van der Waals surface area contributed by atoms with Crippen molar-refractivity contribution in [1.82, 2.24) is 10.2 Å². The second kappa shape index (κ2) is 6.86. The first-order valence-corrected chi connectivity index (χ1v) is 6.29. The fourth-order valence-electron chi connectivity index (χ4n) is 2.20. The zero-order chi connectivity index (χ0) is 12.0. The number of nitrogens with one attached hydrogen (secondary N) is 1. The molecule has 94 valence electrons. The molecule has 1 rings (SSSR count). The summed E-state index contributed by atoms with van der Waals surface area (Å²) in [5.41, 5.74) is 6.04. The third kappa shape index (κ3) is 4.49. The molecule has 1 aliphatic carbocycles. The van der Waals surface area contributed by atoms with Gasteiger partial charge < -0.3 is 16.0 Å². The van der Waals surface area contributed by atoms with Crippen LogP contribution in [0.5, 0.6) is 0 Å². The Morgan fingerprint density at radius 2 is 2.00 bits per heavy atom.